The summed E-state index contributed by atoms with van der Waals surface area (Å²) in [5, 5.41) is 9.89. The topological polar surface area (TPSA) is 108 Å². The number of piperidine rings is 1. The Hall–Kier alpha value is -3.04. The maximum absolute atomic E-state index is 13.0. The standard InChI is InChI=1S/C24H29N5O3S/c1-16(2)18-6-10-22(11-7-18)33(31,32)29-14-12-20(13-15-29)24(30)26-21-8-4-19(5-9-21)23-25-17(3)27-28-23/h4-11,16,20H,12-15H2,1-3H3,(H,26,30)(H,25,27,28). The van der Waals surface area contributed by atoms with Gasteiger partial charge in [0, 0.05) is 30.3 Å². The molecule has 2 N–H and O–H groups in total. The first-order chi connectivity index (χ1) is 15.7. The Morgan fingerprint density at radius 3 is 2.24 bits per heavy atom. The average Bonchev–Trinajstić information content (AvgIpc) is 3.26. The Labute approximate surface area is 194 Å². The molecule has 2 aromatic carbocycles. The molecule has 3 aromatic rings. The molecule has 0 aliphatic carbocycles. The molecule has 1 saturated heterocycles. The summed E-state index contributed by atoms with van der Waals surface area (Å²) in [6.07, 6.45) is 0.980. The summed E-state index contributed by atoms with van der Waals surface area (Å²) in [5.41, 5.74) is 2.65. The van der Waals surface area contributed by atoms with E-state index in [0.717, 1.165) is 17.0 Å². The molecule has 0 atom stereocenters. The number of benzene rings is 2. The summed E-state index contributed by atoms with van der Waals surface area (Å²) in [4.78, 5) is 17.3. The van der Waals surface area contributed by atoms with E-state index in [-0.39, 0.29) is 11.8 Å². The summed E-state index contributed by atoms with van der Waals surface area (Å²) in [7, 11) is -3.55. The summed E-state index contributed by atoms with van der Waals surface area (Å²) in [5.74, 6) is 1.38. The molecule has 1 aliphatic rings. The third-order valence-electron chi connectivity index (χ3n) is 6.02. The van der Waals surface area contributed by atoms with Crippen LogP contribution in [0.4, 0.5) is 5.69 Å². The van der Waals surface area contributed by atoms with E-state index in [9.17, 15) is 13.2 Å². The highest BCUT2D eigenvalue weighted by Crippen LogP contribution is 2.26. The first-order valence-electron chi connectivity index (χ1n) is 11.1. The van der Waals surface area contributed by atoms with Crippen molar-refractivity contribution < 1.29 is 13.2 Å². The maximum Gasteiger partial charge on any atom is 0.243 e. The number of anilines is 1. The minimum Gasteiger partial charge on any atom is -0.326 e. The van der Waals surface area contributed by atoms with E-state index < -0.39 is 10.0 Å². The van der Waals surface area contributed by atoms with Gasteiger partial charge in [-0.3, -0.25) is 9.89 Å². The number of carbonyl (C=O) groups excluding carboxylic acids is 1. The Kier molecular flexibility index (Phi) is 6.62. The van der Waals surface area contributed by atoms with Crippen LogP contribution in [-0.2, 0) is 14.8 Å². The number of sulfonamides is 1. The molecule has 0 spiro atoms. The number of nitrogens with zero attached hydrogens (tertiary/aromatic N) is 3. The van der Waals surface area contributed by atoms with Crippen molar-refractivity contribution in [3.05, 3.63) is 59.9 Å². The lowest BCUT2D eigenvalue weighted by Crippen LogP contribution is -2.41. The van der Waals surface area contributed by atoms with Crippen molar-refractivity contribution >= 4 is 21.6 Å². The highest BCUT2D eigenvalue weighted by molar-refractivity contribution is 7.89. The fourth-order valence-corrected chi connectivity index (χ4v) is 5.42. The number of hydrogen-bond donors (Lipinski definition) is 2. The number of hydrogen-bond acceptors (Lipinski definition) is 5. The molecule has 4 rings (SSSR count). The van der Waals surface area contributed by atoms with Crippen LogP contribution >= 0.6 is 0 Å². The van der Waals surface area contributed by atoms with E-state index in [2.05, 4.69) is 34.3 Å². The Morgan fingerprint density at radius 1 is 1.06 bits per heavy atom. The van der Waals surface area contributed by atoms with Gasteiger partial charge < -0.3 is 5.32 Å². The number of nitrogens with one attached hydrogen (secondary N) is 2. The van der Waals surface area contributed by atoms with Crippen LogP contribution in [0.5, 0.6) is 0 Å². The molecule has 1 aromatic heterocycles. The van der Waals surface area contributed by atoms with Crippen molar-refractivity contribution in [1.82, 2.24) is 19.5 Å². The second kappa shape index (κ2) is 9.44. The van der Waals surface area contributed by atoms with Crippen LogP contribution in [0, 0.1) is 12.8 Å². The molecule has 174 valence electrons. The summed E-state index contributed by atoms with van der Waals surface area (Å²) in [6, 6.07) is 14.4. The minimum absolute atomic E-state index is 0.0881. The number of amides is 1. The van der Waals surface area contributed by atoms with Gasteiger partial charge in [-0.25, -0.2) is 13.4 Å². The van der Waals surface area contributed by atoms with Gasteiger partial charge >= 0.3 is 0 Å². The van der Waals surface area contributed by atoms with Crippen LogP contribution in [-0.4, -0.2) is 46.9 Å². The van der Waals surface area contributed by atoms with Gasteiger partial charge in [-0.15, -0.1) is 0 Å². The average molecular weight is 468 g/mol. The first-order valence-corrected chi connectivity index (χ1v) is 12.6. The van der Waals surface area contributed by atoms with E-state index in [1.165, 1.54) is 4.31 Å². The van der Waals surface area contributed by atoms with E-state index in [4.69, 9.17) is 0 Å². The number of aromatic amines is 1. The molecule has 1 aliphatic heterocycles. The van der Waals surface area contributed by atoms with Gasteiger partial charge in [-0.2, -0.15) is 9.40 Å². The molecule has 8 nitrogen and oxygen atoms in total. The fraction of sp³-hybridized carbons (Fsp3) is 0.375. The van der Waals surface area contributed by atoms with Crippen molar-refractivity contribution in [3.63, 3.8) is 0 Å². The molecule has 0 unspecified atom stereocenters. The van der Waals surface area contributed by atoms with Gasteiger partial charge in [-0.05, 0) is 67.6 Å². The summed E-state index contributed by atoms with van der Waals surface area (Å²) in [6.45, 7) is 6.64. The zero-order chi connectivity index (χ0) is 23.6. The molecular formula is C24H29N5O3S. The quantitative estimate of drug-likeness (QED) is 0.571. The minimum atomic E-state index is -3.55. The molecule has 2 heterocycles. The van der Waals surface area contributed by atoms with Gasteiger partial charge in [0.1, 0.15) is 5.82 Å². The van der Waals surface area contributed by atoms with Gasteiger partial charge in [0.25, 0.3) is 0 Å². The molecule has 1 fully saturated rings. The van der Waals surface area contributed by atoms with Crippen LogP contribution < -0.4 is 5.32 Å². The zero-order valence-electron chi connectivity index (χ0n) is 19.1. The molecule has 0 saturated carbocycles. The number of carbonyl (C=O) groups is 1. The van der Waals surface area contributed by atoms with Gasteiger partial charge in [0.2, 0.25) is 15.9 Å². The fourth-order valence-electron chi connectivity index (χ4n) is 3.95. The first kappa shape index (κ1) is 23.1. The van der Waals surface area contributed by atoms with Crippen LogP contribution in [0.2, 0.25) is 0 Å². The van der Waals surface area contributed by atoms with E-state index in [0.29, 0.717) is 48.3 Å². The number of H-pyrrole nitrogens is 1. The summed E-state index contributed by atoms with van der Waals surface area (Å²) < 4.78 is 27.5. The number of aromatic nitrogens is 3. The van der Waals surface area contributed by atoms with Crippen molar-refractivity contribution in [1.29, 1.82) is 0 Å². The second-order valence-corrected chi connectivity index (χ2v) is 10.7. The van der Waals surface area contributed by atoms with Gasteiger partial charge in [0.15, 0.2) is 5.82 Å². The highest BCUT2D eigenvalue weighted by Gasteiger charge is 2.32. The normalized spacial score (nSPS) is 15.6. The third kappa shape index (κ3) is 5.15. The smallest absolute Gasteiger partial charge is 0.243 e. The molecule has 1 amide bonds. The Morgan fingerprint density at radius 2 is 1.70 bits per heavy atom. The largest absolute Gasteiger partial charge is 0.326 e. The van der Waals surface area contributed by atoms with Gasteiger partial charge in [-0.1, -0.05) is 26.0 Å². The third-order valence-corrected chi connectivity index (χ3v) is 7.93. The van der Waals surface area contributed by atoms with E-state index in [1.807, 2.05) is 43.3 Å². The predicted molar refractivity (Wildman–Crippen MR) is 127 cm³/mol. The summed E-state index contributed by atoms with van der Waals surface area (Å²) >= 11 is 0. The van der Waals surface area contributed by atoms with Crippen molar-refractivity contribution in [3.8, 4) is 11.4 Å². The Balaban J connectivity index is 1.34. The Bertz CT molecular complexity index is 1210. The maximum atomic E-state index is 13.0. The molecule has 9 heteroatoms. The number of rotatable bonds is 6. The lowest BCUT2D eigenvalue weighted by atomic mass is 9.97. The van der Waals surface area contributed by atoms with Crippen LogP contribution in [0.25, 0.3) is 11.4 Å². The van der Waals surface area contributed by atoms with Crippen molar-refractivity contribution in [2.75, 3.05) is 18.4 Å². The van der Waals surface area contributed by atoms with Crippen LogP contribution in [0.1, 0.15) is 44.0 Å². The lowest BCUT2D eigenvalue weighted by Gasteiger charge is -2.30. The number of aryl methyl sites for hydroxylation is 1. The highest BCUT2D eigenvalue weighted by atomic mass is 32.2. The van der Waals surface area contributed by atoms with Crippen molar-refractivity contribution in [2.24, 2.45) is 5.92 Å². The van der Waals surface area contributed by atoms with E-state index in [1.54, 1.807) is 12.1 Å². The van der Waals surface area contributed by atoms with Crippen LogP contribution in [0.3, 0.4) is 0 Å². The lowest BCUT2D eigenvalue weighted by molar-refractivity contribution is -0.120. The van der Waals surface area contributed by atoms with Crippen LogP contribution in [0.15, 0.2) is 53.4 Å². The monoisotopic (exact) mass is 467 g/mol. The SMILES string of the molecule is Cc1nc(-c2ccc(NC(=O)C3CCN(S(=O)(=O)c4ccc(C(C)C)cc4)CC3)cc2)n[nH]1. The zero-order valence-corrected chi connectivity index (χ0v) is 19.9. The predicted octanol–water partition coefficient (Wildman–Crippen LogP) is 3.94. The molecule has 0 bridgehead atoms. The van der Waals surface area contributed by atoms with Gasteiger partial charge in [0.05, 0.1) is 4.90 Å². The van der Waals surface area contributed by atoms with E-state index >= 15 is 0 Å². The molecular weight excluding hydrogens is 438 g/mol. The van der Waals surface area contributed by atoms with Crippen molar-refractivity contribution in [2.45, 2.75) is 44.4 Å². The molecule has 0 radical (unpaired) electrons. The second-order valence-electron chi connectivity index (χ2n) is 8.71. The molecule has 33 heavy (non-hydrogen) atoms.